The third-order valence-electron chi connectivity index (χ3n) is 6.84. The summed E-state index contributed by atoms with van der Waals surface area (Å²) in [6, 6.07) is 5.70. The van der Waals surface area contributed by atoms with Crippen molar-refractivity contribution in [1.29, 1.82) is 0 Å². The smallest absolute Gasteiger partial charge is 0.321 e. The fraction of sp³-hybridized carbons (Fsp3) is 0.652. The number of halogens is 1. The SMILES string of the molecule is O=C(Nc1cccc(F)c1)N1CCN([C@H](C(=O)N2CCCCC2)C2CCCC2)CC1. The lowest BCUT2D eigenvalue weighted by atomic mass is 9.93. The van der Waals surface area contributed by atoms with E-state index in [1.54, 1.807) is 17.0 Å². The molecule has 3 fully saturated rings. The fourth-order valence-electron chi connectivity index (χ4n) is 5.20. The number of piperidine rings is 1. The van der Waals surface area contributed by atoms with Crippen molar-refractivity contribution in [1.82, 2.24) is 14.7 Å². The molecule has 4 rings (SSSR count). The summed E-state index contributed by atoms with van der Waals surface area (Å²) >= 11 is 0. The van der Waals surface area contributed by atoms with Gasteiger partial charge in [-0.1, -0.05) is 18.9 Å². The standard InChI is InChI=1S/C23H33FN4O2/c24-19-9-6-10-20(17-19)25-23(30)28-15-13-26(14-16-28)21(18-7-2-3-8-18)22(29)27-11-4-1-5-12-27/h6,9-10,17-18,21H,1-5,7-8,11-16H2,(H,25,30)/t21-/m0/s1. The lowest BCUT2D eigenvalue weighted by molar-refractivity contribution is -0.140. The molecule has 3 amide bonds. The first kappa shape index (κ1) is 21.1. The van der Waals surface area contributed by atoms with Gasteiger partial charge in [-0.3, -0.25) is 9.69 Å². The zero-order valence-corrected chi connectivity index (χ0v) is 17.7. The maximum absolute atomic E-state index is 13.4. The molecule has 1 saturated carbocycles. The van der Waals surface area contributed by atoms with Gasteiger partial charge in [-0.05, 0) is 56.2 Å². The Bertz CT molecular complexity index is 738. The summed E-state index contributed by atoms with van der Waals surface area (Å²) in [5, 5.41) is 2.78. The molecule has 6 nitrogen and oxygen atoms in total. The number of anilines is 1. The van der Waals surface area contributed by atoms with Crippen LogP contribution in [0, 0.1) is 11.7 Å². The van der Waals surface area contributed by atoms with Gasteiger partial charge in [0.1, 0.15) is 5.82 Å². The lowest BCUT2D eigenvalue weighted by Crippen LogP contribution is -2.59. The highest BCUT2D eigenvalue weighted by atomic mass is 19.1. The van der Waals surface area contributed by atoms with Crippen LogP contribution >= 0.6 is 0 Å². The van der Waals surface area contributed by atoms with E-state index in [0.717, 1.165) is 38.8 Å². The number of carbonyl (C=O) groups excluding carboxylic acids is 2. The van der Waals surface area contributed by atoms with Gasteiger partial charge in [-0.15, -0.1) is 0 Å². The number of benzene rings is 1. The van der Waals surface area contributed by atoms with Gasteiger partial charge in [0.05, 0.1) is 6.04 Å². The van der Waals surface area contributed by atoms with Gasteiger partial charge in [-0.25, -0.2) is 9.18 Å². The van der Waals surface area contributed by atoms with E-state index in [-0.39, 0.29) is 17.9 Å². The molecular weight excluding hydrogens is 383 g/mol. The number of hydrogen-bond donors (Lipinski definition) is 1. The molecule has 0 spiro atoms. The second kappa shape index (κ2) is 9.77. The number of piperazine rings is 1. The Morgan fingerprint density at radius 1 is 0.900 bits per heavy atom. The van der Waals surface area contributed by atoms with Gasteiger partial charge < -0.3 is 15.1 Å². The summed E-state index contributed by atoms with van der Waals surface area (Å²) in [7, 11) is 0. The average molecular weight is 417 g/mol. The van der Waals surface area contributed by atoms with Crippen LogP contribution in [0.5, 0.6) is 0 Å². The average Bonchev–Trinajstić information content (AvgIpc) is 3.29. The molecule has 2 saturated heterocycles. The predicted molar refractivity (Wildman–Crippen MR) is 115 cm³/mol. The number of nitrogens with one attached hydrogen (secondary N) is 1. The molecule has 1 aromatic rings. The first-order chi connectivity index (χ1) is 14.6. The highest BCUT2D eigenvalue weighted by Crippen LogP contribution is 2.32. The van der Waals surface area contributed by atoms with E-state index in [4.69, 9.17) is 0 Å². The Morgan fingerprint density at radius 3 is 2.27 bits per heavy atom. The van der Waals surface area contributed by atoms with Crippen LogP contribution in [0.15, 0.2) is 24.3 Å². The van der Waals surface area contributed by atoms with E-state index in [2.05, 4.69) is 15.1 Å². The number of rotatable bonds is 4. The van der Waals surface area contributed by atoms with Crippen molar-refractivity contribution in [2.75, 3.05) is 44.6 Å². The molecule has 2 heterocycles. The highest BCUT2D eigenvalue weighted by molar-refractivity contribution is 5.89. The fourth-order valence-corrected chi connectivity index (χ4v) is 5.20. The Hall–Kier alpha value is -2.15. The minimum absolute atomic E-state index is 0.0426. The molecule has 0 radical (unpaired) electrons. The van der Waals surface area contributed by atoms with Crippen LogP contribution in [0.25, 0.3) is 0 Å². The topological polar surface area (TPSA) is 55.9 Å². The summed E-state index contributed by atoms with van der Waals surface area (Å²) in [6.45, 7) is 4.35. The minimum atomic E-state index is -0.367. The Kier molecular flexibility index (Phi) is 6.87. The Balaban J connectivity index is 1.37. The van der Waals surface area contributed by atoms with E-state index < -0.39 is 0 Å². The molecule has 7 heteroatoms. The number of likely N-dealkylation sites (tertiary alicyclic amines) is 1. The first-order valence-electron chi connectivity index (χ1n) is 11.5. The van der Waals surface area contributed by atoms with E-state index in [9.17, 15) is 14.0 Å². The summed E-state index contributed by atoms with van der Waals surface area (Å²) in [6.07, 6.45) is 8.12. The summed E-state index contributed by atoms with van der Waals surface area (Å²) in [5.41, 5.74) is 0.464. The first-order valence-corrected chi connectivity index (χ1v) is 11.5. The second-order valence-electron chi connectivity index (χ2n) is 8.84. The lowest BCUT2D eigenvalue weighted by Gasteiger charge is -2.43. The third-order valence-corrected chi connectivity index (χ3v) is 6.84. The number of urea groups is 1. The normalized spacial score (nSPS) is 22.2. The minimum Gasteiger partial charge on any atom is -0.341 e. The van der Waals surface area contributed by atoms with Crippen molar-refractivity contribution in [3.63, 3.8) is 0 Å². The Morgan fingerprint density at radius 2 is 1.60 bits per heavy atom. The van der Waals surface area contributed by atoms with Crippen molar-refractivity contribution in [2.45, 2.75) is 51.0 Å². The van der Waals surface area contributed by atoms with Crippen molar-refractivity contribution in [3.8, 4) is 0 Å². The zero-order chi connectivity index (χ0) is 20.9. The molecule has 0 unspecified atom stereocenters. The molecular formula is C23H33FN4O2. The van der Waals surface area contributed by atoms with Crippen LogP contribution in [-0.2, 0) is 4.79 Å². The van der Waals surface area contributed by atoms with Crippen LogP contribution in [0.3, 0.4) is 0 Å². The van der Waals surface area contributed by atoms with Crippen LogP contribution in [0.4, 0.5) is 14.9 Å². The molecule has 1 N–H and O–H groups in total. The summed E-state index contributed by atoms with van der Waals surface area (Å²) in [5.74, 6) is 0.375. The van der Waals surface area contributed by atoms with Crippen LogP contribution in [0.1, 0.15) is 44.9 Å². The highest BCUT2D eigenvalue weighted by Gasteiger charge is 2.39. The van der Waals surface area contributed by atoms with E-state index >= 15 is 0 Å². The molecule has 0 aromatic heterocycles. The van der Waals surface area contributed by atoms with Crippen LogP contribution in [0.2, 0.25) is 0 Å². The van der Waals surface area contributed by atoms with Crippen molar-refractivity contribution in [3.05, 3.63) is 30.1 Å². The van der Waals surface area contributed by atoms with Crippen LogP contribution in [-0.4, -0.2) is 71.9 Å². The molecule has 3 aliphatic rings. The number of amides is 3. The predicted octanol–water partition coefficient (Wildman–Crippen LogP) is 3.55. The van der Waals surface area contributed by atoms with Gasteiger partial charge >= 0.3 is 6.03 Å². The van der Waals surface area contributed by atoms with Gasteiger partial charge in [0.25, 0.3) is 0 Å². The maximum atomic E-state index is 13.4. The van der Waals surface area contributed by atoms with Gasteiger partial charge in [0.15, 0.2) is 0 Å². The quantitative estimate of drug-likeness (QED) is 0.817. The number of hydrogen-bond acceptors (Lipinski definition) is 3. The molecule has 2 aliphatic heterocycles. The molecule has 1 aromatic carbocycles. The van der Waals surface area contributed by atoms with Gasteiger partial charge in [0.2, 0.25) is 5.91 Å². The van der Waals surface area contributed by atoms with E-state index in [0.29, 0.717) is 43.7 Å². The molecule has 1 aliphatic carbocycles. The number of carbonyl (C=O) groups is 2. The maximum Gasteiger partial charge on any atom is 0.321 e. The molecule has 0 bridgehead atoms. The molecule has 1 atom stereocenters. The Labute approximate surface area is 178 Å². The zero-order valence-electron chi connectivity index (χ0n) is 17.7. The van der Waals surface area contributed by atoms with Gasteiger partial charge in [0, 0.05) is 45.0 Å². The van der Waals surface area contributed by atoms with Crippen LogP contribution < -0.4 is 5.32 Å². The van der Waals surface area contributed by atoms with E-state index in [1.807, 2.05) is 0 Å². The third kappa shape index (κ3) is 4.94. The number of nitrogens with zero attached hydrogens (tertiary/aromatic N) is 3. The van der Waals surface area contributed by atoms with E-state index in [1.165, 1.54) is 31.4 Å². The molecule has 164 valence electrons. The second-order valence-corrected chi connectivity index (χ2v) is 8.84. The largest absolute Gasteiger partial charge is 0.341 e. The monoisotopic (exact) mass is 416 g/mol. The van der Waals surface area contributed by atoms with Crippen molar-refractivity contribution >= 4 is 17.6 Å². The summed E-state index contributed by atoms with van der Waals surface area (Å²) < 4.78 is 13.4. The van der Waals surface area contributed by atoms with Crippen molar-refractivity contribution < 1.29 is 14.0 Å². The van der Waals surface area contributed by atoms with Gasteiger partial charge in [-0.2, -0.15) is 0 Å². The summed E-state index contributed by atoms with van der Waals surface area (Å²) in [4.78, 5) is 32.2. The van der Waals surface area contributed by atoms with Crippen molar-refractivity contribution in [2.24, 2.45) is 5.92 Å². The molecule has 30 heavy (non-hydrogen) atoms.